The molecule has 0 bridgehead atoms. The summed E-state index contributed by atoms with van der Waals surface area (Å²) in [6.45, 7) is 5.45. The van der Waals surface area contributed by atoms with Gasteiger partial charge in [-0.1, -0.05) is 24.3 Å². The van der Waals surface area contributed by atoms with E-state index in [2.05, 4.69) is 5.32 Å². The van der Waals surface area contributed by atoms with Crippen LogP contribution < -0.4 is 5.32 Å². The Morgan fingerprint density at radius 1 is 1.42 bits per heavy atom. The summed E-state index contributed by atoms with van der Waals surface area (Å²) in [6, 6.07) is 7.56. The quantitative estimate of drug-likeness (QED) is 0.764. The van der Waals surface area contributed by atoms with Crippen LogP contribution in [0.2, 0.25) is 0 Å². The highest BCUT2D eigenvalue weighted by Crippen LogP contribution is 2.32. The lowest BCUT2D eigenvalue weighted by molar-refractivity contribution is 0.0517. The van der Waals surface area contributed by atoms with Crippen LogP contribution in [-0.2, 0) is 11.2 Å². The molecule has 0 radical (unpaired) electrons. The highest BCUT2D eigenvalue weighted by Gasteiger charge is 2.29. The van der Waals surface area contributed by atoms with E-state index < -0.39 is 11.7 Å². The highest BCUT2D eigenvalue weighted by molar-refractivity contribution is 5.80. The molecule has 1 aliphatic carbocycles. The Morgan fingerprint density at radius 3 is 2.74 bits per heavy atom. The summed E-state index contributed by atoms with van der Waals surface area (Å²) in [5, 5.41) is 12.2. The Hall–Kier alpha value is -1.97. The fraction of sp³-hybridized carbons (Fsp3) is 0.400. The molecule has 1 unspecified atom stereocenters. The molecule has 102 valence electrons. The fourth-order valence-electron chi connectivity index (χ4n) is 2.24. The zero-order valence-corrected chi connectivity index (χ0v) is 11.4. The van der Waals surface area contributed by atoms with E-state index in [1.165, 1.54) is 0 Å². The summed E-state index contributed by atoms with van der Waals surface area (Å²) in [4.78, 5) is 11.8. The van der Waals surface area contributed by atoms with Crippen LogP contribution in [0.25, 0.3) is 5.57 Å². The first-order chi connectivity index (χ1) is 8.90. The van der Waals surface area contributed by atoms with Crippen LogP contribution in [-0.4, -0.2) is 22.8 Å². The number of aliphatic hydroxyl groups excluding tert-OH is 1. The smallest absolute Gasteiger partial charge is 0.408 e. The second-order valence-electron chi connectivity index (χ2n) is 5.64. The van der Waals surface area contributed by atoms with Crippen molar-refractivity contribution in [2.24, 2.45) is 0 Å². The Morgan fingerprint density at radius 2 is 2.11 bits per heavy atom. The van der Waals surface area contributed by atoms with E-state index in [0.29, 0.717) is 6.42 Å². The number of nitrogens with one attached hydrogen (secondary N) is 1. The van der Waals surface area contributed by atoms with Gasteiger partial charge >= 0.3 is 6.09 Å². The predicted octanol–water partition coefficient (Wildman–Crippen LogP) is 3.03. The summed E-state index contributed by atoms with van der Waals surface area (Å²) in [7, 11) is 0. The third-order valence-electron chi connectivity index (χ3n) is 2.96. The SMILES string of the molecule is CC(C)(C)OC(=O)NC1Cc2ccccc2/C1=C/O. The standard InChI is InChI=1S/C15H19NO3/c1-15(2,3)19-14(18)16-13-8-10-6-4-5-7-11(10)12(13)9-17/h4-7,9,13,17H,8H2,1-3H3,(H,16,18)/b12-9-. The minimum atomic E-state index is -0.529. The molecule has 0 saturated carbocycles. The summed E-state index contributed by atoms with van der Waals surface area (Å²) in [5.74, 6) is 0. The largest absolute Gasteiger partial charge is 0.515 e. The third-order valence-corrected chi connectivity index (χ3v) is 2.96. The summed E-state index contributed by atoms with van der Waals surface area (Å²) >= 11 is 0. The lowest BCUT2D eigenvalue weighted by Gasteiger charge is -2.22. The van der Waals surface area contributed by atoms with E-state index >= 15 is 0 Å². The zero-order chi connectivity index (χ0) is 14.0. The Labute approximate surface area is 113 Å². The maximum Gasteiger partial charge on any atom is 0.408 e. The second-order valence-corrected chi connectivity index (χ2v) is 5.64. The van der Waals surface area contributed by atoms with Crippen LogP contribution >= 0.6 is 0 Å². The topological polar surface area (TPSA) is 58.6 Å². The molecule has 1 amide bonds. The van der Waals surface area contributed by atoms with Crippen molar-refractivity contribution in [2.45, 2.75) is 38.8 Å². The van der Waals surface area contributed by atoms with E-state index in [0.717, 1.165) is 23.0 Å². The van der Waals surface area contributed by atoms with Crippen molar-refractivity contribution >= 4 is 11.7 Å². The van der Waals surface area contributed by atoms with Crippen LogP contribution in [0.5, 0.6) is 0 Å². The van der Waals surface area contributed by atoms with Gasteiger partial charge in [-0.15, -0.1) is 0 Å². The minimum absolute atomic E-state index is 0.239. The maximum atomic E-state index is 11.8. The third kappa shape index (κ3) is 3.08. The molecule has 1 atom stereocenters. The van der Waals surface area contributed by atoms with E-state index in [1.54, 1.807) is 0 Å². The van der Waals surface area contributed by atoms with Gasteiger partial charge in [0.1, 0.15) is 5.60 Å². The van der Waals surface area contributed by atoms with E-state index in [9.17, 15) is 9.90 Å². The van der Waals surface area contributed by atoms with Gasteiger partial charge in [0.15, 0.2) is 0 Å². The molecule has 0 spiro atoms. The van der Waals surface area contributed by atoms with Crippen molar-refractivity contribution < 1.29 is 14.6 Å². The second kappa shape index (κ2) is 4.96. The Bertz CT molecular complexity index is 514. The fourth-order valence-corrected chi connectivity index (χ4v) is 2.24. The van der Waals surface area contributed by atoms with Gasteiger partial charge in [-0.3, -0.25) is 0 Å². The molecule has 2 N–H and O–H groups in total. The molecule has 0 saturated heterocycles. The van der Waals surface area contributed by atoms with Crippen molar-refractivity contribution in [1.82, 2.24) is 5.32 Å². The van der Waals surface area contributed by atoms with Crippen LogP contribution in [0.15, 0.2) is 30.5 Å². The molecule has 1 aromatic rings. The lowest BCUT2D eigenvalue weighted by atomic mass is 10.1. The number of benzene rings is 1. The van der Waals surface area contributed by atoms with Gasteiger partial charge < -0.3 is 15.2 Å². The molecule has 0 aliphatic heterocycles. The molecule has 4 nitrogen and oxygen atoms in total. The minimum Gasteiger partial charge on any atom is -0.515 e. The van der Waals surface area contributed by atoms with Crippen LogP contribution in [0.3, 0.4) is 0 Å². The van der Waals surface area contributed by atoms with Gasteiger partial charge in [-0.2, -0.15) is 0 Å². The van der Waals surface area contributed by atoms with Crippen molar-refractivity contribution in [3.05, 3.63) is 41.7 Å². The first-order valence-electron chi connectivity index (χ1n) is 6.33. The summed E-state index contributed by atoms with van der Waals surface area (Å²) < 4.78 is 5.23. The summed E-state index contributed by atoms with van der Waals surface area (Å²) in [6.07, 6.45) is 1.26. The van der Waals surface area contributed by atoms with E-state index in [1.807, 2.05) is 45.0 Å². The number of hydrogen-bond acceptors (Lipinski definition) is 3. The highest BCUT2D eigenvalue weighted by atomic mass is 16.6. The molecule has 19 heavy (non-hydrogen) atoms. The van der Waals surface area contributed by atoms with E-state index in [4.69, 9.17) is 4.74 Å². The first-order valence-corrected chi connectivity index (χ1v) is 6.33. The first kappa shape index (κ1) is 13.5. The van der Waals surface area contributed by atoms with Crippen LogP contribution in [0.1, 0.15) is 31.9 Å². The zero-order valence-electron chi connectivity index (χ0n) is 11.4. The molecule has 0 aromatic heterocycles. The Kier molecular flexibility index (Phi) is 3.51. The number of aliphatic hydroxyl groups is 1. The average Bonchev–Trinajstić information content (AvgIpc) is 2.63. The predicted molar refractivity (Wildman–Crippen MR) is 73.9 cm³/mol. The molecule has 4 heteroatoms. The molecule has 0 heterocycles. The number of hydrogen-bond donors (Lipinski definition) is 2. The number of amides is 1. The molecule has 1 aliphatic rings. The molecular formula is C15H19NO3. The number of carbonyl (C=O) groups is 1. The molecule has 1 aromatic carbocycles. The van der Waals surface area contributed by atoms with E-state index in [-0.39, 0.29) is 6.04 Å². The van der Waals surface area contributed by atoms with Crippen molar-refractivity contribution in [1.29, 1.82) is 0 Å². The summed E-state index contributed by atoms with van der Waals surface area (Å²) in [5.41, 5.74) is 2.29. The van der Waals surface area contributed by atoms with Crippen molar-refractivity contribution in [2.75, 3.05) is 0 Å². The average molecular weight is 261 g/mol. The molecule has 0 fully saturated rings. The van der Waals surface area contributed by atoms with Crippen LogP contribution in [0, 0.1) is 0 Å². The number of ether oxygens (including phenoxy) is 1. The number of fused-ring (bicyclic) bond motifs is 1. The number of rotatable bonds is 1. The number of carbonyl (C=O) groups excluding carboxylic acids is 1. The van der Waals surface area contributed by atoms with Gasteiger partial charge in [-0.05, 0) is 38.3 Å². The van der Waals surface area contributed by atoms with Crippen molar-refractivity contribution in [3.63, 3.8) is 0 Å². The number of alkyl carbamates (subject to hydrolysis) is 1. The monoisotopic (exact) mass is 261 g/mol. The lowest BCUT2D eigenvalue weighted by Crippen LogP contribution is -2.39. The Balaban J connectivity index is 2.10. The normalized spacial score (nSPS) is 20.2. The van der Waals surface area contributed by atoms with Gasteiger partial charge in [0.05, 0.1) is 12.3 Å². The van der Waals surface area contributed by atoms with Crippen LogP contribution in [0.4, 0.5) is 4.79 Å². The van der Waals surface area contributed by atoms with Crippen molar-refractivity contribution in [3.8, 4) is 0 Å². The molecular weight excluding hydrogens is 242 g/mol. The van der Waals surface area contributed by atoms with Gasteiger partial charge in [-0.25, -0.2) is 4.79 Å². The van der Waals surface area contributed by atoms with Gasteiger partial charge in [0, 0.05) is 5.57 Å². The maximum absolute atomic E-state index is 11.8. The van der Waals surface area contributed by atoms with Gasteiger partial charge in [0.25, 0.3) is 0 Å². The molecule has 2 rings (SSSR count). The van der Waals surface area contributed by atoms with Gasteiger partial charge in [0.2, 0.25) is 0 Å².